The molecule has 0 bridgehead atoms. The largest absolute Gasteiger partial charge is 0.465 e. The highest BCUT2D eigenvalue weighted by molar-refractivity contribution is 6.33. The van der Waals surface area contributed by atoms with E-state index in [9.17, 15) is 14.4 Å². The van der Waals surface area contributed by atoms with Crippen molar-refractivity contribution in [3.8, 4) is 0 Å². The number of carbonyl (C=O) groups is 3. The predicted octanol–water partition coefficient (Wildman–Crippen LogP) is 1.64. The minimum atomic E-state index is -1.67. The number of ether oxygens (including phenoxy) is 2. The Kier molecular flexibility index (Phi) is 5.68. The second kappa shape index (κ2) is 7.43. The number of hydrogen-bond donors (Lipinski definition) is 1. The van der Waals surface area contributed by atoms with Gasteiger partial charge in [0.15, 0.2) is 0 Å². The molecule has 7 heteroatoms. The van der Waals surface area contributed by atoms with E-state index in [1.807, 2.05) is 0 Å². The third-order valence-corrected chi connectivity index (χ3v) is 4.97. The molecule has 0 aromatic heterocycles. The van der Waals surface area contributed by atoms with E-state index in [0.717, 1.165) is 0 Å². The van der Waals surface area contributed by atoms with E-state index in [4.69, 9.17) is 21.1 Å². The maximum Gasteiger partial charge on any atom is 0.381 e. The summed E-state index contributed by atoms with van der Waals surface area (Å²) >= 11 is 6.33. The molecule has 138 valence electrons. The Labute approximate surface area is 156 Å². The van der Waals surface area contributed by atoms with E-state index in [0.29, 0.717) is 21.9 Å². The Morgan fingerprint density at radius 1 is 1.08 bits per heavy atom. The second-order valence-electron chi connectivity index (χ2n) is 6.03. The van der Waals surface area contributed by atoms with Crippen LogP contribution in [0.3, 0.4) is 0 Å². The molecule has 1 atom stereocenters. The lowest BCUT2D eigenvalue weighted by Crippen LogP contribution is -3.00. The first-order valence-electron chi connectivity index (χ1n) is 7.93. The summed E-state index contributed by atoms with van der Waals surface area (Å²) in [6.45, 7) is 4.57. The molecular formula is C19H21ClNO5+. The van der Waals surface area contributed by atoms with Crippen molar-refractivity contribution in [1.29, 1.82) is 0 Å². The Morgan fingerprint density at radius 3 is 2.19 bits per heavy atom. The van der Waals surface area contributed by atoms with Gasteiger partial charge in [0.25, 0.3) is 5.54 Å². The monoisotopic (exact) mass is 378 g/mol. The molecule has 2 rings (SSSR count). The number of methoxy groups -OCH3 is 2. The van der Waals surface area contributed by atoms with Gasteiger partial charge in [0.2, 0.25) is 5.78 Å². The molecule has 2 N–H and O–H groups in total. The molecule has 0 radical (unpaired) electrons. The number of nitrogens with two attached hydrogens (primary N) is 1. The zero-order valence-electron chi connectivity index (χ0n) is 15.3. The maximum atomic E-state index is 12.6. The van der Waals surface area contributed by atoms with Crippen LogP contribution < -0.4 is 5.32 Å². The van der Waals surface area contributed by atoms with Crippen molar-refractivity contribution in [3.63, 3.8) is 0 Å². The number of rotatable bonds is 4. The fraction of sp³-hybridized carbons (Fsp3) is 0.316. The predicted molar refractivity (Wildman–Crippen MR) is 96.1 cm³/mol. The average molecular weight is 379 g/mol. The van der Waals surface area contributed by atoms with Crippen LogP contribution in [0.25, 0.3) is 5.57 Å². The molecule has 26 heavy (non-hydrogen) atoms. The Bertz CT molecular complexity index is 855. The molecule has 0 saturated carbocycles. The van der Waals surface area contributed by atoms with Gasteiger partial charge >= 0.3 is 11.9 Å². The van der Waals surface area contributed by atoms with E-state index in [2.05, 4.69) is 0 Å². The van der Waals surface area contributed by atoms with Crippen LogP contribution in [0.5, 0.6) is 0 Å². The van der Waals surface area contributed by atoms with Gasteiger partial charge in [-0.1, -0.05) is 29.8 Å². The van der Waals surface area contributed by atoms with Crippen molar-refractivity contribution in [2.24, 2.45) is 0 Å². The van der Waals surface area contributed by atoms with Gasteiger partial charge in [-0.05, 0) is 13.0 Å². The van der Waals surface area contributed by atoms with Crippen LogP contribution in [0.15, 0.2) is 41.1 Å². The van der Waals surface area contributed by atoms with Gasteiger partial charge < -0.3 is 9.47 Å². The fourth-order valence-electron chi connectivity index (χ4n) is 3.34. The number of carbonyl (C=O) groups excluding carboxylic acids is 3. The van der Waals surface area contributed by atoms with Crippen LogP contribution >= 0.6 is 11.6 Å². The Balaban J connectivity index is 2.88. The summed E-state index contributed by atoms with van der Waals surface area (Å²) < 4.78 is 9.81. The number of ketones is 1. The minimum Gasteiger partial charge on any atom is -0.465 e. The highest BCUT2D eigenvalue weighted by atomic mass is 35.5. The first-order valence-corrected chi connectivity index (χ1v) is 8.31. The quantitative estimate of drug-likeness (QED) is 0.635. The highest BCUT2D eigenvalue weighted by Crippen LogP contribution is 2.38. The van der Waals surface area contributed by atoms with Crippen molar-refractivity contribution in [1.82, 2.24) is 0 Å². The molecule has 1 aliphatic heterocycles. The van der Waals surface area contributed by atoms with E-state index in [-0.39, 0.29) is 11.1 Å². The van der Waals surface area contributed by atoms with Crippen LogP contribution in [0.1, 0.15) is 26.3 Å². The molecule has 1 aromatic carbocycles. The van der Waals surface area contributed by atoms with Gasteiger partial charge in [0.1, 0.15) is 5.70 Å². The summed E-state index contributed by atoms with van der Waals surface area (Å²) in [5.74, 6) is -1.85. The molecule has 0 aliphatic carbocycles. The molecule has 1 heterocycles. The number of halogens is 1. The van der Waals surface area contributed by atoms with Crippen molar-refractivity contribution in [3.05, 3.63) is 51.7 Å². The van der Waals surface area contributed by atoms with E-state index < -0.39 is 23.3 Å². The number of esters is 2. The maximum absolute atomic E-state index is 12.6. The summed E-state index contributed by atoms with van der Waals surface area (Å²) in [6, 6.07) is 7.04. The molecule has 1 aromatic rings. The van der Waals surface area contributed by atoms with Crippen LogP contribution in [-0.4, -0.2) is 37.5 Å². The molecule has 0 spiro atoms. The third kappa shape index (κ3) is 2.95. The lowest BCUT2D eigenvalue weighted by atomic mass is 9.76. The van der Waals surface area contributed by atoms with Crippen LogP contribution in [0, 0.1) is 0 Å². The van der Waals surface area contributed by atoms with Gasteiger partial charge in [0, 0.05) is 30.0 Å². The van der Waals surface area contributed by atoms with Gasteiger partial charge in [-0.25, -0.2) is 9.59 Å². The molecule has 6 nitrogen and oxygen atoms in total. The minimum absolute atomic E-state index is 0.140. The van der Waals surface area contributed by atoms with Gasteiger partial charge in [0.05, 0.1) is 25.4 Å². The first kappa shape index (κ1) is 19.9. The fourth-order valence-corrected chi connectivity index (χ4v) is 3.57. The first-order chi connectivity index (χ1) is 12.2. The third-order valence-electron chi connectivity index (χ3n) is 4.64. The van der Waals surface area contributed by atoms with Crippen molar-refractivity contribution in [2.75, 3.05) is 14.2 Å². The number of quaternary nitrogens is 1. The zero-order chi connectivity index (χ0) is 19.6. The average Bonchev–Trinajstić information content (AvgIpc) is 2.62. The SMILES string of the molecule is COC(=O)C1=C(C)[C@@](C(C)=O)(C(=O)OC)[NH2+]C(C)=C1c1ccccc1Cl. The van der Waals surface area contributed by atoms with E-state index in [1.165, 1.54) is 26.5 Å². The van der Waals surface area contributed by atoms with Crippen molar-refractivity contribution in [2.45, 2.75) is 26.3 Å². The number of Topliss-reactive ketones (excluding diaryl/α,β-unsaturated/α-hetero) is 1. The summed E-state index contributed by atoms with van der Waals surface area (Å²) in [6.07, 6.45) is 0. The molecule has 0 fully saturated rings. The molecule has 1 aliphatic rings. The van der Waals surface area contributed by atoms with E-state index >= 15 is 0 Å². The summed E-state index contributed by atoms with van der Waals surface area (Å²) in [5, 5.41) is 1.97. The van der Waals surface area contributed by atoms with E-state index in [1.54, 1.807) is 38.1 Å². The molecular weight excluding hydrogens is 358 g/mol. The summed E-state index contributed by atoms with van der Waals surface area (Å²) in [5.41, 5.74) is 0.424. The molecule has 0 unspecified atom stereocenters. The van der Waals surface area contributed by atoms with Gasteiger partial charge in [-0.2, -0.15) is 0 Å². The van der Waals surface area contributed by atoms with Crippen LogP contribution in [0.2, 0.25) is 5.02 Å². The molecule has 0 saturated heterocycles. The topological polar surface area (TPSA) is 86.3 Å². The Hall–Kier alpha value is -2.44. The molecule has 0 amide bonds. The number of benzene rings is 1. The van der Waals surface area contributed by atoms with Crippen LogP contribution in [-0.2, 0) is 23.9 Å². The zero-order valence-corrected chi connectivity index (χ0v) is 16.1. The summed E-state index contributed by atoms with van der Waals surface area (Å²) in [7, 11) is 2.45. The second-order valence-corrected chi connectivity index (χ2v) is 6.44. The number of allylic oxidation sites excluding steroid dienone is 1. The lowest BCUT2D eigenvalue weighted by molar-refractivity contribution is -0.647. The van der Waals surface area contributed by atoms with Crippen molar-refractivity contribution < 1.29 is 29.2 Å². The number of hydrogen-bond acceptors (Lipinski definition) is 5. The van der Waals surface area contributed by atoms with Crippen LogP contribution in [0.4, 0.5) is 0 Å². The Morgan fingerprint density at radius 2 is 1.69 bits per heavy atom. The normalized spacial score (nSPS) is 20.1. The van der Waals surface area contributed by atoms with Gasteiger partial charge in [-0.3, -0.25) is 10.1 Å². The lowest BCUT2D eigenvalue weighted by Gasteiger charge is -2.33. The standard InChI is InChI=1S/C19H20ClNO5/c1-10-15(17(23)25-4)16(13-8-6-7-9-14(13)20)11(2)21-19(10,12(3)22)18(24)26-5/h6-9,21H,1-5H3/p+1/t19-/m1/s1. The smallest absolute Gasteiger partial charge is 0.381 e. The van der Waals surface area contributed by atoms with Crippen molar-refractivity contribution >= 4 is 34.9 Å². The highest BCUT2D eigenvalue weighted by Gasteiger charge is 2.56. The van der Waals surface area contributed by atoms with Gasteiger partial charge in [-0.15, -0.1) is 0 Å². The summed E-state index contributed by atoms with van der Waals surface area (Å²) in [4.78, 5) is 37.6.